The lowest BCUT2D eigenvalue weighted by Crippen LogP contribution is -2.19. The summed E-state index contributed by atoms with van der Waals surface area (Å²) in [6.45, 7) is 19.0. The van der Waals surface area contributed by atoms with E-state index in [1.807, 2.05) is 51.4 Å². The Morgan fingerprint density at radius 2 is 1.48 bits per heavy atom. The molecule has 160 valence electrons. The SMILES string of the molecule is C=C/C=C\C/C=N/CCCCCCC/N=C/C(/C=C\C=C)=C(/C=C)OC(C)(C)C. The van der Waals surface area contributed by atoms with E-state index in [-0.39, 0.29) is 5.60 Å². The molecule has 0 fully saturated rings. The second kappa shape index (κ2) is 17.7. The van der Waals surface area contributed by atoms with E-state index in [1.54, 1.807) is 18.2 Å². The zero-order valence-corrected chi connectivity index (χ0v) is 18.8. The Bertz CT molecular complexity index is 613. The van der Waals surface area contributed by atoms with Crippen molar-refractivity contribution in [1.29, 1.82) is 0 Å². The van der Waals surface area contributed by atoms with E-state index in [1.165, 1.54) is 19.3 Å². The minimum Gasteiger partial charge on any atom is -0.487 e. The zero-order valence-electron chi connectivity index (χ0n) is 18.8. The third-order valence-corrected chi connectivity index (χ3v) is 3.75. The molecular formula is C26H40N2O. The van der Waals surface area contributed by atoms with Crippen molar-refractivity contribution in [1.82, 2.24) is 0 Å². The van der Waals surface area contributed by atoms with Gasteiger partial charge in [0.25, 0.3) is 0 Å². The van der Waals surface area contributed by atoms with Crippen LogP contribution >= 0.6 is 0 Å². The Morgan fingerprint density at radius 3 is 2.07 bits per heavy atom. The second-order valence-corrected chi connectivity index (χ2v) is 7.62. The van der Waals surface area contributed by atoms with Crippen LogP contribution in [-0.4, -0.2) is 31.1 Å². The highest BCUT2D eigenvalue weighted by atomic mass is 16.5. The van der Waals surface area contributed by atoms with Gasteiger partial charge in [-0.25, -0.2) is 0 Å². The summed E-state index contributed by atoms with van der Waals surface area (Å²) in [5, 5.41) is 0. The van der Waals surface area contributed by atoms with E-state index < -0.39 is 0 Å². The summed E-state index contributed by atoms with van der Waals surface area (Å²) >= 11 is 0. The Kier molecular flexibility index (Phi) is 16.2. The molecule has 0 rings (SSSR count). The van der Waals surface area contributed by atoms with Gasteiger partial charge >= 0.3 is 0 Å². The maximum absolute atomic E-state index is 5.98. The van der Waals surface area contributed by atoms with Crippen LogP contribution in [0.3, 0.4) is 0 Å². The first-order valence-electron chi connectivity index (χ1n) is 10.5. The minimum absolute atomic E-state index is 0.281. The molecule has 0 amide bonds. The summed E-state index contributed by atoms with van der Waals surface area (Å²) < 4.78 is 5.98. The molecule has 0 atom stereocenters. The van der Waals surface area contributed by atoms with Gasteiger partial charge < -0.3 is 4.74 Å². The second-order valence-electron chi connectivity index (χ2n) is 7.62. The minimum atomic E-state index is -0.281. The Balaban J connectivity index is 4.22. The van der Waals surface area contributed by atoms with E-state index in [9.17, 15) is 0 Å². The van der Waals surface area contributed by atoms with Crippen molar-refractivity contribution in [2.75, 3.05) is 13.1 Å². The van der Waals surface area contributed by atoms with Gasteiger partial charge in [-0.1, -0.05) is 69.4 Å². The molecule has 0 aromatic carbocycles. The van der Waals surface area contributed by atoms with Gasteiger partial charge in [-0.2, -0.15) is 0 Å². The number of hydrogen-bond donors (Lipinski definition) is 0. The number of allylic oxidation sites excluding steroid dienone is 8. The molecule has 0 bridgehead atoms. The lowest BCUT2D eigenvalue weighted by atomic mass is 10.1. The third-order valence-electron chi connectivity index (χ3n) is 3.75. The summed E-state index contributed by atoms with van der Waals surface area (Å²) in [6.07, 6.45) is 23.7. The van der Waals surface area contributed by atoms with Crippen LogP contribution in [0.5, 0.6) is 0 Å². The summed E-state index contributed by atoms with van der Waals surface area (Å²) in [5.41, 5.74) is 0.632. The quantitative estimate of drug-likeness (QED) is 0.117. The number of unbranched alkanes of at least 4 members (excludes halogenated alkanes) is 4. The van der Waals surface area contributed by atoms with Crippen molar-refractivity contribution in [3.63, 3.8) is 0 Å². The van der Waals surface area contributed by atoms with Gasteiger partial charge in [-0.15, -0.1) is 0 Å². The summed E-state index contributed by atoms with van der Waals surface area (Å²) in [4.78, 5) is 8.98. The van der Waals surface area contributed by atoms with E-state index in [0.29, 0.717) is 0 Å². The van der Waals surface area contributed by atoms with Crippen LogP contribution in [0.4, 0.5) is 0 Å². The highest BCUT2D eigenvalue weighted by molar-refractivity contribution is 5.83. The Hall–Kier alpha value is -2.42. The fourth-order valence-corrected chi connectivity index (χ4v) is 2.41. The van der Waals surface area contributed by atoms with Crippen molar-refractivity contribution in [3.05, 3.63) is 73.6 Å². The molecule has 0 aliphatic rings. The molecule has 0 aliphatic carbocycles. The van der Waals surface area contributed by atoms with E-state index in [2.05, 4.69) is 35.8 Å². The van der Waals surface area contributed by atoms with Gasteiger partial charge in [0.15, 0.2) is 0 Å². The molecule has 0 aromatic rings. The highest BCUT2D eigenvalue weighted by Gasteiger charge is 2.13. The van der Waals surface area contributed by atoms with Crippen molar-refractivity contribution < 1.29 is 4.74 Å². The van der Waals surface area contributed by atoms with Crippen molar-refractivity contribution in [2.45, 2.75) is 64.9 Å². The predicted molar refractivity (Wildman–Crippen MR) is 131 cm³/mol. The predicted octanol–water partition coefficient (Wildman–Crippen LogP) is 7.21. The summed E-state index contributed by atoms with van der Waals surface area (Å²) in [5.74, 6) is 0.736. The van der Waals surface area contributed by atoms with Gasteiger partial charge in [-0.3, -0.25) is 9.98 Å². The molecule has 0 heterocycles. The number of hydrogen-bond acceptors (Lipinski definition) is 3. The van der Waals surface area contributed by atoms with E-state index >= 15 is 0 Å². The van der Waals surface area contributed by atoms with Crippen LogP contribution in [0.25, 0.3) is 0 Å². The van der Waals surface area contributed by atoms with Crippen LogP contribution in [0.15, 0.2) is 83.6 Å². The first-order chi connectivity index (χ1) is 13.9. The molecule has 0 saturated heterocycles. The fourth-order valence-electron chi connectivity index (χ4n) is 2.41. The Morgan fingerprint density at radius 1 is 0.862 bits per heavy atom. The van der Waals surface area contributed by atoms with Crippen molar-refractivity contribution in [2.24, 2.45) is 9.98 Å². The number of nitrogens with zero attached hydrogens (tertiary/aromatic N) is 2. The maximum Gasteiger partial charge on any atom is 0.128 e. The topological polar surface area (TPSA) is 34.0 Å². The largest absolute Gasteiger partial charge is 0.487 e. The summed E-state index contributed by atoms with van der Waals surface area (Å²) in [6, 6.07) is 0. The number of ether oxygens (including phenoxy) is 1. The van der Waals surface area contributed by atoms with Crippen molar-refractivity contribution >= 4 is 12.4 Å². The van der Waals surface area contributed by atoms with Crippen LogP contribution in [0.2, 0.25) is 0 Å². The van der Waals surface area contributed by atoms with Gasteiger partial charge in [0.05, 0.1) is 0 Å². The van der Waals surface area contributed by atoms with Crippen LogP contribution < -0.4 is 0 Å². The highest BCUT2D eigenvalue weighted by Crippen LogP contribution is 2.18. The first-order valence-corrected chi connectivity index (χ1v) is 10.5. The molecule has 0 aromatic heterocycles. The number of rotatable bonds is 16. The smallest absolute Gasteiger partial charge is 0.128 e. The monoisotopic (exact) mass is 396 g/mol. The van der Waals surface area contributed by atoms with E-state index in [4.69, 9.17) is 4.74 Å². The van der Waals surface area contributed by atoms with Crippen LogP contribution in [0, 0.1) is 0 Å². The fraction of sp³-hybridized carbons (Fsp3) is 0.462. The molecule has 0 spiro atoms. The van der Waals surface area contributed by atoms with Gasteiger partial charge in [0.2, 0.25) is 0 Å². The van der Waals surface area contributed by atoms with Crippen molar-refractivity contribution in [3.8, 4) is 0 Å². The first kappa shape index (κ1) is 26.6. The van der Waals surface area contributed by atoms with Gasteiger partial charge in [0.1, 0.15) is 11.4 Å². The molecule has 0 unspecified atom stereocenters. The zero-order chi connectivity index (χ0) is 21.8. The average molecular weight is 397 g/mol. The van der Waals surface area contributed by atoms with Gasteiger partial charge in [-0.05, 0) is 45.8 Å². The molecule has 0 saturated carbocycles. The maximum atomic E-state index is 5.98. The summed E-state index contributed by atoms with van der Waals surface area (Å²) in [7, 11) is 0. The normalized spacial score (nSPS) is 13.5. The molecule has 3 heteroatoms. The van der Waals surface area contributed by atoms with Gasteiger partial charge in [0, 0.05) is 37.5 Å². The lowest BCUT2D eigenvalue weighted by Gasteiger charge is -2.22. The molecule has 0 aliphatic heterocycles. The molecule has 3 nitrogen and oxygen atoms in total. The Labute approximate surface area is 179 Å². The molecule has 29 heavy (non-hydrogen) atoms. The standard InChI is InChI=1S/C26H40N2O/c1-7-10-12-16-20-27-21-17-14-13-15-18-22-28-23-24(19-11-8-2)25(9-3)29-26(4,5)6/h7-12,19-20,23H,1-3,13-18,21-22H2,4-6H3/b12-10-,19-11-,25-24-,27-20+,28-23+. The van der Waals surface area contributed by atoms with Crippen LogP contribution in [-0.2, 0) is 4.74 Å². The average Bonchev–Trinajstić information content (AvgIpc) is 2.68. The van der Waals surface area contributed by atoms with Crippen LogP contribution in [0.1, 0.15) is 59.3 Å². The third kappa shape index (κ3) is 17.4. The number of aliphatic imine (C=N–C) groups is 2. The molecule has 0 radical (unpaired) electrons. The lowest BCUT2D eigenvalue weighted by molar-refractivity contribution is 0.0594. The van der Waals surface area contributed by atoms with E-state index in [0.717, 1.165) is 43.7 Å². The molecule has 0 N–H and O–H groups in total. The molecular weight excluding hydrogens is 356 g/mol.